The van der Waals surface area contributed by atoms with Crippen LogP contribution in [0.1, 0.15) is 23.2 Å². The first kappa shape index (κ1) is 29.9. The molecule has 0 fully saturated rings. The van der Waals surface area contributed by atoms with Gasteiger partial charge < -0.3 is 34.0 Å². The normalized spacial score (nSPS) is 10.6. The van der Waals surface area contributed by atoms with Crippen molar-refractivity contribution in [3.8, 4) is 40.1 Å². The van der Waals surface area contributed by atoms with Gasteiger partial charge in [0.15, 0.2) is 28.8 Å². The minimum absolute atomic E-state index is 0.107. The van der Waals surface area contributed by atoms with Crippen LogP contribution in [0.2, 0.25) is 0 Å². The Hall–Kier alpha value is -5.06. The first-order valence-electron chi connectivity index (χ1n) is 13.3. The molecule has 4 rings (SSSR count). The number of carbonyl (C=O) groups excluding carboxylic acids is 1. The molecule has 1 amide bonds. The summed E-state index contributed by atoms with van der Waals surface area (Å²) in [4.78, 5) is 27.8. The SMILES string of the molecule is COc1cccc(COc2ccc(-c3nnc(CCC(=O)NCCc4ccc(OC)c(OC)c4)c(=O)[nH]3)cc2OC)c1. The van der Waals surface area contributed by atoms with Gasteiger partial charge in [0.05, 0.1) is 28.4 Å². The Balaban J connectivity index is 1.31. The second-order valence-corrected chi connectivity index (χ2v) is 9.24. The van der Waals surface area contributed by atoms with Crippen molar-refractivity contribution < 1.29 is 28.5 Å². The molecule has 4 aromatic rings. The highest BCUT2D eigenvalue weighted by atomic mass is 16.5. The number of aryl methyl sites for hydroxylation is 1. The Morgan fingerprint density at radius 2 is 1.55 bits per heavy atom. The third-order valence-corrected chi connectivity index (χ3v) is 6.50. The fourth-order valence-corrected chi connectivity index (χ4v) is 4.21. The summed E-state index contributed by atoms with van der Waals surface area (Å²) in [6, 6.07) is 18.4. The Kier molecular flexibility index (Phi) is 10.4. The van der Waals surface area contributed by atoms with Crippen LogP contribution in [-0.2, 0) is 24.2 Å². The van der Waals surface area contributed by atoms with Gasteiger partial charge in [-0.05, 0) is 60.0 Å². The van der Waals surface area contributed by atoms with Gasteiger partial charge in [-0.2, -0.15) is 0 Å². The molecule has 42 heavy (non-hydrogen) atoms. The molecule has 0 radical (unpaired) electrons. The van der Waals surface area contributed by atoms with Crippen molar-refractivity contribution in [1.29, 1.82) is 0 Å². The molecule has 11 nitrogen and oxygen atoms in total. The van der Waals surface area contributed by atoms with Crippen molar-refractivity contribution in [1.82, 2.24) is 20.5 Å². The molecule has 0 aliphatic carbocycles. The lowest BCUT2D eigenvalue weighted by Crippen LogP contribution is -2.27. The lowest BCUT2D eigenvalue weighted by Gasteiger charge is -2.12. The van der Waals surface area contributed by atoms with E-state index >= 15 is 0 Å². The third kappa shape index (κ3) is 7.78. The molecule has 3 aromatic carbocycles. The molecule has 0 unspecified atom stereocenters. The van der Waals surface area contributed by atoms with E-state index in [1.165, 1.54) is 7.11 Å². The molecule has 0 saturated heterocycles. The van der Waals surface area contributed by atoms with Crippen LogP contribution in [0.4, 0.5) is 0 Å². The smallest absolute Gasteiger partial charge is 0.273 e. The summed E-state index contributed by atoms with van der Waals surface area (Å²) in [5.74, 6) is 3.13. The lowest BCUT2D eigenvalue weighted by atomic mass is 10.1. The molecular weight excluding hydrogens is 540 g/mol. The van der Waals surface area contributed by atoms with Gasteiger partial charge in [0, 0.05) is 24.9 Å². The molecule has 0 aliphatic heterocycles. The van der Waals surface area contributed by atoms with Gasteiger partial charge in [0.1, 0.15) is 18.1 Å². The number of hydrogen-bond donors (Lipinski definition) is 2. The van der Waals surface area contributed by atoms with Crippen molar-refractivity contribution in [3.63, 3.8) is 0 Å². The van der Waals surface area contributed by atoms with Crippen LogP contribution in [0.15, 0.2) is 65.5 Å². The van der Waals surface area contributed by atoms with Gasteiger partial charge in [-0.3, -0.25) is 9.59 Å². The Labute approximate surface area is 243 Å². The van der Waals surface area contributed by atoms with Crippen LogP contribution >= 0.6 is 0 Å². The highest BCUT2D eigenvalue weighted by Gasteiger charge is 2.13. The van der Waals surface area contributed by atoms with E-state index in [-0.39, 0.29) is 30.3 Å². The molecule has 0 saturated carbocycles. The minimum atomic E-state index is -0.407. The minimum Gasteiger partial charge on any atom is -0.497 e. The number of nitrogens with one attached hydrogen (secondary N) is 2. The number of aromatic nitrogens is 3. The molecule has 0 aliphatic rings. The zero-order valence-corrected chi connectivity index (χ0v) is 24.1. The topological polar surface area (TPSA) is 134 Å². The van der Waals surface area contributed by atoms with E-state index in [1.54, 1.807) is 39.5 Å². The zero-order chi connectivity index (χ0) is 29.9. The largest absolute Gasteiger partial charge is 0.497 e. The first-order valence-corrected chi connectivity index (χ1v) is 13.3. The number of carbonyl (C=O) groups is 1. The van der Waals surface area contributed by atoms with Gasteiger partial charge >= 0.3 is 0 Å². The van der Waals surface area contributed by atoms with Gasteiger partial charge in [-0.25, -0.2) is 0 Å². The second-order valence-electron chi connectivity index (χ2n) is 9.24. The maximum atomic E-state index is 12.7. The fraction of sp³-hybridized carbons (Fsp3) is 0.290. The van der Waals surface area contributed by atoms with E-state index in [0.29, 0.717) is 48.1 Å². The summed E-state index contributed by atoms with van der Waals surface area (Å²) >= 11 is 0. The van der Waals surface area contributed by atoms with Crippen molar-refractivity contribution in [3.05, 3.63) is 87.8 Å². The first-order chi connectivity index (χ1) is 20.4. The van der Waals surface area contributed by atoms with Crippen molar-refractivity contribution in [2.45, 2.75) is 25.9 Å². The molecule has 1 aromatic heterocycles. The van der Waals surface area contributed by atoms with Crippen LogP contribution in [0.3, 0.4) is 0 Å². The van der Waals surface area contributed by atoms with E-state index in [1.807, 2.05) is 42.5 Å². The molecule has 0 spiro atoms. The number of nitrogens with zero attached hydrogens (tertiary/aromatic N) is 2. The Morgan fingerprint density at radius 1 is 0.786 bits per heavy atom. The fourth-order valence-electron chi connectivity index (χ4n) is 4.21. The summed E-state index contributed by atoms with van der Waals surface area (Å²) in [7, 11) is 6.31. The number of hydrogen-bond acceptors (Lipinski definition) is 9. The quantitative estimate of drug-likeness (QED) is 0.231. The number of H-pyrrole nitrogens is 1. The standard InChI is InChI=1S/C31H34N4O7/c1-38-23-7-5-6-21(16-23)19-42-26-12-9-22(18-28(26)41-4)30-33-31(37)24(34-35-30)10-13-29(36)32-15-14-20-8-11-25(39-2)27(17-20)40-3/h5-9,11-12,16-18H,10,13-15,19H2,1-4H3,(H,32,36)(H,33,35,37). The van der Waals surface area contributed by atoms with Crippen molar-refractivity contribution in [2.75, 3.05) is 35.0 Å². The average Bonchev–Trinajstić information content (AvgIpc) is 3.03. The van der Waals surface area contributed by atoms with Gasteiger partial charge in [-0.15, -0.1) is 10.2 Å². The van der Waals surface area contributed by atoms with Crippen molar-refractivity contribution in [2.24, 2.45) is 0 Å². The molecule has 1 heterocycles. The number of amides is 1. The van der Waals surface area contributed by atoms with Gasteiger partial charge in [-0.1, -0.05) is 18.2 Å². The number of methoxy groups -OCH3 is 4. The van der Waals surface area contributed by atoms with Crippen LogP contribution in [0.25, 0.3) is 11.4 Å². The monoisotopic (exact) mass is 574 g/mol. The summed E-state index contributed by atoms with van der Waals surface area (Å²) < 4.78 is 27.3. The van der Waals surface area contributed by atoms with Crippen molar-refractivity contribution >= 4 is 5.91 Å². The van der Waals surface area contributed by atoms with E-state index in [9.17, 15) is 9.59 Å². The summed E-state index contributed by atoms with van der Waals surface area (Å²) in [6.45, 7) is 0.762. The predicted molar refractivity (Wildman–Crippen MR) is 157 cm³/mol. The summed E-state index contributed by atoms with van der Waals surface area (Å²) in [5.41, 5.74) is 2.32. The third-order valence-electron chi connectivity index (χ3n) is 6.50. The van der Waals surface area contributed by atoms with E-state index in [0.717, 1.165) is 16.9 Å². The second kappa shape index (κ2) is 14.5. The highest BCUT2D eigenvalue weighted by molar-refractivity contribution is 5.76. The van der Waals surface area contributed by atoms with Crippen LogP contribution in [0.5, 0.6) is 28.7 Å². The zero-order valence-electron chi connectivity index (χ0n) is 24.1. The van der Waals surface area contributed by atoms with E-state index in [4.69, 9.17) is 23.7 Å². The number of ether oxygens (including phenoxy) is 5. The van der Waals surface area contributed by atoms with E-state index in [2.05, 4.69) is 20.5 Å². The molecule has 11 heteroatoms. The highest BCUT2D eigenvalue weighted by Crippen LogP contribution is 2.32. The molecular formula is C31H34N4O7. The van der Waals surface area contributed by atoms with Crippen LogP contribution in [-0.4, -0.2) is 56.1 Å². The predicted octanol–water partition coefficient (Wildman–Crippen LogP) is 3.74. The molecule has 2 N–H and O–H groups in total. The lowest BCUT2D eigenvalue weighted by molar-refractivity contribution is -0.121. The maximum absolute atomic E-state index is 12.7. The molecule has 0 bridgehead atoms. The summed E-state index contributed by atoms with van der Waals surface area (Å²) in [5, 5.41) is 11.1. The van der Waals surface area contributed by atoms with Gasteiger partial charge in [0.2, 0.25) is 5.91 Å². The average molecular weight is 575 g/mol. The van der Waals surface area contributed by atoms with Gasteiger partial charge in [0.25, 0.3) is 5.56 Å². The Morgan fingerprint density at radius 3 is 2.29 bits per heavy atom. The van der Waals surface area contributed by atoms with E-state index < -0.39 is 5.56 Å². The number of rotatable bonds is 14. The number of aromatic amines is 1. The molecule has 0 atom stereocenters. The number of benzene rings is 3. The van der Waals surface area contributed by atoms with Crippen LogP contribution < -0.4 is 34.6 Å². The van der Waals surface area contributed by atoms with Crippen LogP contribution in [0, 0.1) is 0 Å². The maximum Gasteiger partial charge on any atom is 0.273 e. The Bertz CT molecular complexity index is 1570. The summed E-state index contributed by atoms with van der Waals surface area (Å²) in [6.07, 6.45) is 0.886. The molecule has 220 valence electrons.